The van der Waals surface area contributed by atoms with Gasteiger partial charge in [0.1, 0.15) is 5.25 Å². The van der Waals surface area contributed by atoms with Crippen LogP contribution in [0.15, 0.2) is 24.3 Å². The number of nitrogens with one attached hydrogen (secondary N) is 1. The molecule has 0 spiro atoms. The monoisotopic (exact) mass is 310 g/mol. The van der Waals surface area contributed by atoms with Gasteiger partial charge in [0.15, 0.2) is 9.84 Å². The molecule has 0 aromatic heterocycles. The number of nitrogens with two attached hydrogens (primary N) is 1. The van der Waals surface area contributed by atoms with Crippen LogP contribution < -0.4 is 11.1 Å². The summed E-state index contributed by atoms with van der Waals surface area (Å²) in [6, 6.07) is 6.72. The van der Waals surface area contributed by atoms with Crippen molar-refractivity contribution in [3.05, 3.63) is 24.3 Å². The summed E-state index contributed by atoms with van der Waals surface area (Å²) < 4.78 is 25.0. The van der Waals surface area contributed by atoms with Gasteiger partial charge < -0.3 is 11.1 Å². The third-order valence-electron chi connectivity index (χ3n) is 4.03. The van der Waals surface area contributed by atoms with E-state index in [2.05, 4.69) is 5.32 Å². The van der Waals surface area contributed by atoms with Crippen LogP contribution in [0.4, 0.5) is 11.4 Å². The third kappa shape index (κ3) is 3.75. The minimum Gasteiger partial charge on any atom is -0.399 e. The maximum atomic E-state index is 12.5. The van der Waals surface area contributed by atoms with Crippen molar-refractivity contribution in [3.8, 4) is 0 Å². The predicted octanol–water partition coefficient (Wildman–Crippen LogP) is 2.34. The standard InChI is InChI=1S/C15H22N2O3S/c1-11(21(19,20)14-8-3-2-4-9-14)15(18)17-13-7-5-6-12(16)10-13/h5-7,10-11,14H,2-4,8-9,16H2,1H3,(H,17,18). The summed E-state index contributed by atoms with van der Waals surface area (Å²) in [5, 5.41) is 1.21. The number of anilines is 2. The second kappa shape index (κ2) is 6.47. The molecule has 0 radical (unpaired) electrons. The number of carbonyl (C=O) groups is 1. The Morgan fingerprint density at radius 3 is 2.57 bits per heavy atom. The molecule has 3 N–H and O–H groups in total. The van der Waals surface area contributed by atoms with Gasteiger partial charge in [0, 0.05) is 11.4 Å². The van der Waals surface area contributed by atoms with E-state index in [-0.39, 0.29) is 5.25 Å². The SMILES string of the molecule is CC(C(=O)Nc1cccc(N)c1)S(=O)(=O)C1CCCCC1. The maximum Gasteiger partial charge on any atom is 0.242 e. The molecule has 5 nitrogen and oxygen atoms in total. The predicted molar refractivity (Wildman–Crippen MR) is 84.7 cm³/mol. The van der Waals surface area contributed by atoms with Crippen LogP contribution in [0, 0.1) is 0 Å². The number of nitrogen functional groups attached to an aromatic ring is 1. The number of hydrogen-bond acceptors (Lipinski definition) is 4. The summed E-state index contributed by atoms with van der Waals surface area (Å²) in [5.41, 5.74) is 6.69. The van der Waals surface area contributed by atoms with Gasteiger partial charge in [0.2, 0.25) is 5.91 Å². The maximum absolute atomic E-state index is 12.5. The van der Waals surface area contributed by atoms with E-state index in [0.29, 0.717) is 24.2 Å². The zero-order valence-electron chi connectivity index (χ0n) is 12.2. The van der Waals surface area contributed by atoms with E-state index in [1.807, 2.05) is 0 Å². The Hall–Kier alpha value is -1.56. The fraction of sp³-hybridized carbons (Fsp3) is 0.533. The van der Waals surface area contributed by atoms with Crippen LogP contribution >= 0.6 is 0 Å². The van der Waals surface area contributed by atoms with Crippen LogP contribution in [-0.4, -0.2) is 24.8 Å². The van der Waals surface area contributed by atoms with Crippen LogP contribution in [0.1, 0.15) is 39.0 Å². The second-order valence-electron chi connectivity index (χ2n) is 5.61. The molecule has 1 amide bonds. The molecule has 1 saturated carbocycles. The first-order chi connectivity index (χ1) is 9.91. The van der Waals surface area contributed by atoms with Gasteiger partial charge in [-0.25, -0.2) is 8.42 Å². The van der Waals surface area contributed by atoms with Crippen molar-refractivity contribution in [1.82, 2.24) is 0 Å². The van der Waals surface area contributed by atoms with Crippen molar-refractivity contribution >= 4 is 27.1 Å². The molecular formula is C15H22N2O3S. The van der Waals surface area contributed by atoms with Crippen molar-refractivity contribution in [2.45, 2.75) is 49.5 Å². The average Bonchev–Trinajstić information content (AvgIpc) is 2.47. The second-order valence-corrected chi connectivity index (χ2v) is 8.16. The van der Waals surface area contributed by atoms with Crippen LogP contribution in [0.2, 0.25) is 0 Å². The van der Waals surface area contributed by atoms with E-state index >= 15 is 0 Å². The number of hydrogen-bond donors (Lipinski definition) is 2. The quantitative estimate of drug-likeness (QED) is 0.835. The molecular weight excluding hydrogens is 288 g/mol. The van der Waals surface area contributed by atoms with Gasteiger partial charge in [-0.2, -0.15) is 0 Å². The molecule has 2 rings (SSSR count). The van der Waals surface area contributed by atoms with E-state index in [0.717, 1.165) is 19.3 Å². The molecule has 6 heteroatoms. The van der Waals surface area contributed by atoms with E-state index in [4.69, 9.17) is 5.73 Å². The van der Waals surface area contributed by atoms with Gasteiger partial charge in [0.25, 0.3) is 0 Å². The molecule has 21 heavy (non-hydrogen) atoms. The van der Waals surface area contributed by atoms with Crippen LogP contribution in [0.5, 0.6) is 0 Å². The molecule has 1 unspecified atom stereocenters. The molecule has 1 aromatic carbocycles. The van der Waals surface area contributed by atoms with Crippen molar-refractivity contribution in [1.29, 1.82) is 0 Å². The Labute approximate surface area is 125 Å². The van der Waals surface area contributed by atoms with Crippen LogP contribution in [0.25, 0.3) is 0 Å². The molecule has 1 atom stereocenters. The van der Waals surface area contributed by atoms with Gasteiger partial charge in [-0.15, -0.1) is 0 Å². The first-order valence-corrected chi connectivity index (χ1v) is 8.91. The molecule has 0 bridgehead atoms. The molecule has 0 aliphatic heterocycles. The lowest BCUT2D eigenvalue weighted by molar-refractivity contribution is -0.115. The first kappa shape index (κ1) is 15.8. The molecule has 1 fully saturated rings. The Kier molecular flexibility index (Phi) is 4.88. The lowest BCUT2D eigenvalue weighted by atomic mass is 10.0. The third-order valence-corrected chi connectivity index (χ3v) is 6.63. The summed E-state index contributed by atoms with van der Waals surface area (Å²) in [7, 11) is -3.43. The van der Waals surface area contributed by atoms with Crippen molar-refractivity contribution in [2.24, 2.45) is 0 Å². The van der Waals surface area contributed by atoms with Gasteiger partial charge in [-0.05, 0) is 38.0 Å². The Morgan fingerprint density at radius 2 is 1.95 bits per heavy atom. The fourth-order valence-electron chi connectivity index (χ4n) is 2.69. The summed E-state index contributed by atoms with van der Waals surface area (Å²) in [4.78, 5) is 12.2. The molecule has 0 saturated heterocycles. The van der Waals surface area contributed by atoms with Crippen LogP contribution in [-0.2, 0) is 14.6 Å². The minimum atomic E-state index is -3.43. The number of carbonyl (C=O) groups excluding carboxylic acids is 1. The highest BCUT2D eigenvalue weighted by atomic mass is 32.2. The molecule has 1 aliphatic rings. The minimum absolute atomic E-state index is 0.382. The first-order valence-electron chi connectivity index (χ1n) is 7.30. The summed E-state index contributed by atoms with van der Waals surface area (Å²) in [6.07, 6.45) is 4.26. The van der Waals surface area contributed by atoms with E-state index in [9.17, 15) is 13.2 Å². The summed E-state index contributed by atoms with van der Waals surface area (Å²) in [6.45, 7) is 1.46. The average molecular weight is 310 g/mol. The zero-order chi connectivity index (χ0) is 15.5. The Morgan fingerprint density at radius 1 is 1.29 bits per heavy atom. The van der Waals surface area contributed by atoms with E-state index in [1.54, 1.807) is 24.3 Å². The van der Waals surface area contributed by atoms with E-state index in [1.165, 1.54) is 6.92 Å². The number of amides is 1. The Balaban J connectivity index is 2.07. The summed E-state index contributed by atoms with van der Waals surface area (Å²) >= 11 is 0. The molecule has 116 valence electrons. The molecule has 1 aliphatic carbocycles. The normalized spacial score (nSPS) is 18.1. The van der Waals surface area contributed by atoms with Crippen molar-refractivity contribution in [3.63, 3.8) is 0 Å². The van der Waals surface area contributed by atoms with Crippen molar-refractivity contribution in [2.75, 3.05) is 11.1 Å². The highest BCUT2D eigenvalue weighted by Gasteiger charge is 2.36. The molecule has 1 aromatic rings. The largest absolute Gasteiger partial charge is 0.399 e. The smallest absolute Gasteiger partial charge is 0.242 e. The van der Waals surface area contributed by atoms with Gasteiger partial charge in [-0.3, -0.25) is 4.79 Å². The Bertz CT molecular complexity index is 607. The van der Waals surface area contributed by atoms with Crippen molar-refractivity contribution < 1.29 is 13.2 Å². The van der Waals surface area contributed by atoms with E-state index < -0.39 is 21.0 Å². The van der Waals surface area contributed by atoms with Gasteiger partial charge in [0.05, 0.1) is 5.25 Å². The van der Waals surface area contributed by atoms with Gasteiger partial charge >= 0.3 is 0 Å². The lowest BCUT2D eigenvalue weighted by Gasteiger charge is -2.24. The van der Waals surface area contributed by atoms with Crippen LogP contribution in [0.3, 0.4) is 0 Å². The summed E-state index contributed by atoms with van der Waals surface area (Å²) in [5.74, 6) is -0.494. The highest BCUT2D eigenvalue weighted by molar-refractivity contribution is 7.93. The topological polar surface area (TPSA) is 89.3 Å². The molecule has 0 heterocycles. The number of benzene rings is 1. The number of sulfone groups is 1. The highest BCUT2D eigenvalue weighted by Crippen LogP contribution is 2.27. The van der Waals surface area contributed by atoms with Gasteiger partial charge in [-0.1, -0.05) is 25.3 Å². The fourth-order valence-corrected chi connectivity index (χ4v) is 4.62. The number of rotatable bonds is 4. The lowest BCUT2D eigenvalue weighted by Crippen LogP contribution is -2.39. The zero-order valence-corrected chi connectivity index (χ0v) is 13.0.